The number of carbonyl (C=O) groups is 2. The molecule has 0 aromatic rings. The van der Waals surface area contributed by atoms with E-state index in [-0.39, 0.29) is 17.5 Å². The van der Waals surface area contributed by atoms with Crippen LogP contribution in [0.15, 0.2) is 23.5 Å². The number of ketones is 2. The number of dihydropyridines is 1. The molecule has 37 heavy (non-hydrogen) atoms. The van der Waals surface area contributed by atoms with Gasteiger partial charge in [0.25, 0.3) is 0 Å². The minimum atomic E-state index is -0.00833. The predicted octanol–water partition coefficient (Wildman–Crippen LogP) is 10.5. The zero-order valence-corrected chi connectivity index (χ0v) is 25.0. The summed E-state index contributed by atoms with van der Waals surface area (Å²) in [7, 11) is 0. The van der Waals surface area contributed by atoms with E-state index >= 15 is 0 Å². The second-order valence-corrected chi connectivity index (χ2v) is 11.4. The van der Waals surface area contributed by atoms with E-state index in [0.29, 0.717) is 12.8 Å². The van der Waals surface area contributed by atoms with Gasteiger partial charge in [-0.25, -0.2) is 0 Å². The van der Waals surface area contributed by atoms with Crippen molar-refractivity contribution in [3.63, 3.8) is 0 Å². The average Bonchev–Trinajstić information content (AvgIpc) is 2.91. The van der Waals surface area contributed by atoms with Crippen LogP contribution in [0.1, 0.15) is 175 Å². The van der Waals surface area contributed by atoms with Crippen molar-refractivity contribution in [3.05, 3.63) is 23.5 Å². The number of hydrogen-bond acceptors (Lipinski definition) is 3. The minimum Gasteiger partial charge on any atom is -0.367 e. The summed E-state index contributed by atoms with van der Waals surface area (Å²) >= 11 is 0. The monoisotopic (exact) mass is 515 g/mol. The molecule has 0 amide bonds. The molecule has 0 fully saturated rings. The molecule has 0 atom stereocenters. The van der Waals surface area contributed by atoms with Gasteiger partial charge >= 0.3 is 0 Å². The third-order valence-corrected chi connectivity index (χ3v) is 7.98. The van der Waals surface area contributed by atoms with Gasteiger partial charge in [-0.05, 0) is 19.3 Å². The third kappa shape index (κ3) is 16.2. The van der Waals surface area contributed by atoms with Gasteiger partial charge in [-0.1, -0.05) is 143 Å². The molecule has 1 rings (SSSR count). The van der Waals surface area contributed by atoms with Crippen LogP contribution in [0, 0.1) is 5.92 Å². The van der Waals surface area contributed by atoms with E-state index in [1.165, 1.54) is 103 Å². The van der Waals surface area contributed by atoms with Crippen molar-refractivity contribution in [2.75, 3.05) is 0 Å². The molecule has 1 heterocycles. The van der Waals surface area contributed by atoms with Gasteiger partial charge in [-0.2, -0.15) is 0 Å². The Labute approximate surface area is 230 Å². The highest BCUT2D eigenvalue weighted by Gasteiger charge is 2.29. The molecular weight excluding hydrogens is 454 g/mol. The van der Waals surface area contributed by atoms with Crippen molar-refractivity contribution in [1.82, 2.24) is 5.32 Å². The van der Waals surface area contributed by atoms with Crippen LogP contribution >= 0.6 is 0 Å². The smallest absolute Gasteiger partial charge is 0.160 e. The molecule has 0 aromatic heterocycles. The van der Waals surface area contributed by atoms with Gasteiger partial charge in [0, 0.05) is 42.3 Å². The van der Waals surface area contributed by atoms with Crippen LogP contribution in [0.25, 0.3) is 0 Å². The summed E-state index contributed by atoms with van der Waals surface area (Å²) in [4.78, 5) is 26.5. The maximum absolute atomic E-state index is 13.3. The first kappa shape index (κ1) is 33.6. The van der Waals surface area contributed by atoms with E-state index in [1.54, 1.807) is 0 Å². The van der Waals surface area contributed by atoms with Crippen LogP contribution in [0.2, 0.25) is 0 Å². The van der Waals surface area contributed by atoms with Crippen molar-refractivity contribution >= 4 is 11.6 Å². The Morgan fingerprint density at radius 1 is 0.514 bits per heavy atom. The van der Waals surface area contributed by atoms with Gasteiger partial charge < -0.3 is 5.32 Å². The number of rotatable bonds is 26. The second kappa shape index (κ2) is 23.7. The van der Waals surface area contributed by atoms with Gasteiger partial charge in [0.1, 0.15) is 0 Å². The average molecular weight is 516 g/mol. The normalized spacial score (nSPS) is 13.8. The molecule has 0 aliphatic carbocycles. The van der Waals surface area contributed by atoms with Crippen LogP contribution in [-0.4, -0.2) is 11.6 Å². The largest absolute Gasteiger partial charge is 0.367 e. The molecule has 0 unspecified atom stereocenters. The zero-order valence-electron chi connectivity index (χ0n) is 25.0. The maximum atomic E-state index is 13.3. The summed E-state index contributed by atoms with van der Waals surface area (Å²) in [5, 5.41) is 3.19. The fraction of sp³-hybridized carbons (Fsp3) is 0.824. The molecular formula is C34H61NO2. The first-order valence-electron chi connectivity index (χ1n) is 16.4. The van der Waals surface area contributed by atoms with Gasteiger partial charge in [0.15, 0.2) is 11.6 Å². The van der Waals surface area contributed by atoms with Crippen LogP contribution < -0.4 is 5.32 Å². The standard InChI is InChI=1S/C34H61NO2/c1-4-7-10-13-16-19-22-25-30-31(33(36)26-23-20-17-14-11-8-5-2)28-35-29-32(30)34(37)27-24-21-18-15-12-9-6-3/h28-30,35H,4-27H2,1-3H3. The molecule has 3 heteroatoms. The molecule has 0 saturated carbocycles. The minimum absolute atomic E-state index is 0.00833. The van der Waals surface area contributed by atoms with Gasteiger partial charge in [-0.15, -0.1) is 0 Å². The lowest BCUT2D eigenvalue weighted by Crippen LogP contribution is -2.26. The molecule has 3 nitrogen and oxygen atoms in total. The van der Waals surface area contributed by atoms with E-state index in [4.69, 9.17) is 0 Å². The summed E-state index contributed by atoms with van der Waals surface area (Å²) in [5.74, 6) is 0.498. The Morgan fingerprint density at radius 2 is 0.838 bits per heavy atom. The topological polar surface area (TPSA) is 46.2 Å². The fourth-order valence-corrected chi connectivity index (χ4v) is 5.53. The molecule has 1 N–H and O–H groups in total. The van der Waals surface area contributed by atoms with Crippen LogP contribution in [-0.2, 0) is 9.59 Å². The molecule has 1 aliphatic rings. The highest BCUT2D eigenvalue weighted by atomic mass is 16.1. The summed E-state index contributed by atoms with van der Waals surface area (Å²) in [5.41, 5.74) is 1.73. The molecule has 1 aliphatic heterocycles. The van der Waals surface area contributed by atoms with Gasteiger partial charge in [-0.3, -0.25) is 9.59 Å². The highest BCUT2D eigenvalue weighted by molar-refractivity contribution is 6.02. The SMILES string of the molecule is CCCCCCCCCC(=O)C1=CNC=C(C(=O)CCCCCCCCC)C1CCCCCCCCC. The van der Waals surface area contributed by atoms with Crippen molar-refractivity contribution in [1.29, 1.82) is 0 Å². The number of hydrogen-bond donors (Lipinski definition) is 1. The lowest BCUT2D eigenvalue weighted by molar-refractivity contribution is -0.116. The first-order chi connectivity index (χ1) is 18.2. The molecule has 0 spiro atoms. The molecule has 0 saturated heterocycles. The van der Waals surface area contributed by atoms with Crippen molar-refractivity contribution in [2.24, 2.45) is 5.92 Å². The Kier molecular flexibility index (Phi) is 21.6. The molecule has 0 radical (unpaired) electrons. The fourth-order valence-electron chi connectivity index (χ4n) is 5.53. The summed E-state index contributed by atoms with van der Waals surface area (Å²) in [6, 6.07) is 0. The van der Waals surface area contributed by atoms with Gasteiger partial charge in [0.05, 0.1) is 0 Å². The summed E-state index contributed by atoms with van der Waals surface area (Å²) < 4.78 is 0. The Hall–Kier alpha value is -1.38. The molecule has 214 valence electrons. The van der Waals surface area contributed by atoms with E-state index in [0.717, 1.165) is 49.7 Å². The number of Topliss-reactive ketones (excluding diaryl/α,β-unsaturated/α-hetero) is 2. The lowest BCUT2D eigenvalue weighted by atomic mass is 9.80. The molecule has 0 bridgehead atoms. The maximum Gasteiger partial charge on any atom is 0.160 e. The van der Waals surface area contributed by atoms with Gasteiger partial charge in [0.2, 0.25) is 0 Å². The van der Waals surface area contributed by atoms with Crippen LogP contribution in [0.4, 0.5) is 0 Å². The number of allylic oxidation sites excluding steroid dienone is 2. The molecule has 0 aromatic carbocycles. The Bertz CT molecular complexity index is 602. The van der Waals surface area contributed by atoms with Crippen LogP contribution in [0.3, 0.4) is 0 Å². The first-order valence-corrected chi connectivity index (χ1v) is 16.4. The highest BCUT2D eigenvalue weighted by Crippen LogP contribution is 2.32. The van der Waals surface area contributed by atoms with E-state index in [2.05, 4.69) is 26.1 Å². The number of carbonyl (C=O) groups excluding carboxylic acids is 2. The van der Waals surface area contributed by atoms with Crippen molar-refractivity contribution in [3.8, 4) is 0 Å². The predicted molar refractivity (Wildman–Crippen MR) is 161 cm³/mol. The number of unbranched alkanes of at least 4 members (excludes halogenated alkanes) is 18. The zero-order chi connectivity index (χ0) is 27.0. The van der Waals surface area contributed by atoms with E-state index in [1.807, 2.05) is 12.4 Å². The quantitative estimate of drug-likeness (QED) is 0.116. The second-order valence-electron chi connectivity index (χ2n) is 11.4. The van der Waals surface area contributed by atoms with Crippen molar-refractivity contribution in [2.45, 2.75) is 175 Å². The Morgan fingerprint density at radius 3 is 1.22 bits per heavy atom. The number of nitrogens with one attached hydrogen (secondary N) is 1. The Balaban J connectivity index is 2.59. The lowest BCUT2D eigenvalue weighted by Gasteiger charge is -2.26. The summed E-state index contributed by atoms with van der Waals surface area (Å²) in [6.07, 6.45) is 31.8. The van der Waals surface area contributed by atoms with E-state index < -0.39 is 0 Å². The van der Waals surface area contributed by atoms with E-state index in [9.17, 15) is 9.59 Å². The van der Waals surface area contributed by atoms with Crippen molar-refractivity contribution < 1.29 is 9.59 Å². The summed E-state index contributed by atoms with van der Waals surface area (Å²) in [6.45, 7) is 6.75. The third-order valence-electron chi connectivity index (χ3n) is 7.98. The van der Waals surface area contributed by atoms with Crippen LogP contribution in [0.5, 0.6) is 0 Å².